The van der Waals surface area contributed by atoms with E-state index in [1.807, 2.05) is 6.07 Å². The molecule has 2 aliphatic carbocycles. The highest BCUT2D eigenvalue weighted by Crippen LogP contribution is 2.33. The molecule has 0 saturated heterocycles. The SMILES string of the molecule is C[C@@H]1CCc2sc(C(=O)O[C@@H](C)C(=O)NC3(C#N)CCCCC3)cc2C1. The van der Waals surface area contributed by atoms with Gasteiger partial charge in [0.25, 0.3) is 5.91 Å². The van der Waals surface area contributed by atoms with E-state index in [0.717, 1.165) is 38.5 Å². The van der Waals surface area contributed by atoms with E-state index < -0.39 is 23.5 Å². The van der Waals surface area contributed by atoms with Gasteiger partial charge in [0.1, 0.15) is 10.4 Å². The van der Waals surface area contributed by atoms with Crippen molar-refractivity contribution in [3.05, 3.63) is 21.4 Å². The summed E-state index contributed by atoms with van der Waals surface area (Å²) in [7, 11) is 0. The molecule has 2 atom stereocenters. The number of nitriles is 1. The molecule has 3 rings (SSSR count). The maximum absolute atomic E-state index is 12.4. The van der Waals surface area contributed by atoms with E-state index >= 15 is 0 Å². The van der Waals surface area contributed by atoms with E-state index in [4.69, 9.17) is 4.74 Å². The predicted octanol–water partition coefficient (Wildman–Crippen LogP) is 3.76. The first-order valence-corrected chi connectivity index (χ1v) is 10.3. The topological polar surface area (TPSA) is 79.2 Å². The van der Waals surface area contributed by atoms with E-state index in [1.54, 1.807) is 6.92 Å². The van der Waals surface area contributed by atoms with Gasteiger partial charge in [-0.3, -0.25) is 4.79 Å². The van der Waals surface area contributed by atoms with Crippen molar-refractivity contribution in [2.24, 2.45) is 5.92 Å². The summed E-state index contributed by atoms with van der Waals surface area (Å²) in [6, 6.07) is 4.17. The zero-order valence-electron chi connectivity index (χ0n) is 15.5. The van der Waals surface area contributed by atoms with Crippen molar-refractivity contribution in [1.82, 2.24) is 5.32 Å². The average Bonchev–Trinajstić information content (AvgIpc) is 3.05. The van der Waals surface area contributed by atoms with Crippen molar-refractivity contribution >= 4 is 23.2 Å². The molecule has 1 N–H and O–H groups in total. The van der Waals surface area contributed by atoms with E-state index in [0.29, 0.717) is 23.6 Å². The van der Waals surface area contributed by atoms with Gasteiger partial charge in [0.2, 0.25) is 0 Å². The second-order valence-corrected chi connectivity index (χ2v) is 8.84. The first-order chi connectivity index (χ1) is 12.4. The van der Waals surface area contributed by atoms with Gasteiger partial charge in [-0.2, -0.15) is 5.26 Å². The number of carbonyl (C=O) groups is 2. The lowest BCUT2D eigenvalue weighted by molar-refractivity contribution is -0.130. The average molecular weight is 375 g/mol. The van der Waals surface area contributed by atoms with Crippen LogP contribution in [0.5, 0.6) is 0 Å². The third kappa shape index (κ3) is 4.09. The summed E-state index contributed by atoms with van der Waals surface area (Å²) in [5, 5.41) is 12.3. The predicted molar refractivity (Wildman–Crippen MR) is 100.0 cm³/mol. The largest absolute Gasteiger partial charge is 0.448 e. The molecule has 1 amide bonds. The summed E-state index contributed by atoms with van der Waals surface area (Å²) in [6.45, 7) is 3.79. The van der Waals surface area contributed by atoms with Crippen LogP contribution in [0.15, 0.2) is 6.07 Å². The van der Waals surface area contributed by atoms with Crippen LogP contribution < -0.4 is 5.32 Å². The molecule has 0 aliphatic heterocycles. The fraction of sp³-hybridized carbons (Fsp3) is 0.650. The number of nitrogens with zero attached hydrogens (tertiary/aromatic N) is 1. The van der Waals surface area contributed by atoms with E-state index in [1.165, 1.54) is 21.8 Å². The van der Waals surface area contributed by atoms with Crippen LogP contribution in [-0.4, -0.2) is 23.5 Å². The summed E-state index contributed by atoms with van der Waals surface area (Å²) >= 11 is 1.48. The first kappa shape index (κ1) is 18.9. The van der Waals surface area contributed by atoms with Crippen molar-refractivity contribution in [3.63, 3.8) is 0 Å². The molecule has 1 aromatic rings. The number of rotatable bonds is 4. The molecule has 0 spiro atoms. The number of hydrogen-bond acceptors (Lipinski definition) is 5. The molecule has 0 aromatic carbocycles. The Morgan fingerprint density at radius 1 is 1.38 bits per heavy atom. The fourth-order valence-corrected chi connectivity index (χ4v) is 4.93. The Morgan fingerprint density at radius 3 is 2.81 bits per heavy atom. The molecule has 140 valence electrons. The van der Waals surface area contributed by atoms with Crippen molar-refractivity contribution in [2.75, 3.05) is 0 Å². The number of carbonyl (C=O) groups excluding carboxylic acids is 2. The van der Waals surface area contributed by atoms with Gasteiger partial charge in [-0.1, -0.05) is 26.2 Å². The van der Waals surface area contributed by atoms with Crippen molar-refractivity contribution < 1.29 is 14.3 Å². The van der Waals surface area contributed by atoms with Crippen molar-refractivity contribution in [3.8, 4) is 6.07 Å². The molecule has 0 unspecified atom stereocenters. The maximum Gasteiger partial charge on any atom is 0.349 e. The summed E-state index contributed by atoms with van der Waals surface area (Å²) in [4.78, 5) is 26.7. The lowest BCUT2D eigenvalue weighted by Crippen LogP contribution is -2.52. The molecule has 0 bridgehead atoms. The molecule has 0 radical (unpaired) electrons. The van der Waals surface area contributed by atoms with Crippen LogP contribution in [0.1, 0.15) is 72.5 Å². The molecule has 1 fully saturated rings. The van der Waals surface area contributed by atoms with E-state index in [2.05, 4.69) is 18.3 Å². The molecular weight excluding hydrogens is 348 g/mol. The number of nitrogens with one attached hydrogen (secondary N) is 1. The Balaban J connectivity index is 1.60. The standard InChI is InChI=1S/C20H26N2O3S/c1-13-6-7-16-15(10-13)11-17(26-16)19(24)25-14(2)18(23)22-20(12-21)8-4-3-5-9-20/h11,13-14H,3-10H2,1-2H3,(H,22,23)/t13-,14+/m1/s1. The van der Waals surface area contributed by atoms with Crippen LogP contribution in [0.25, 0.3) is 0 Å². The summed E-state index contributed by atoms with van der Waals surface area (Å²) in [5.74, 6) is -0.200. The van der Waals surface area contributed by atoms with Crippen LogP contribution in [0, 0.1) is 17.2 Å². The van der Waals surface area contributed by atoms with Crippen molar-refractivity contribution in [1.29, 1.82) is 5.26 Å². The number of fused-ring (bicyclic) bond motifs is 1. The number of aryl methyl sites for hydroxylation is 1. The number of hydrogen-bond donors (Lipinski definition) is 1. The minimum Gasteiger partial charge on any atom is -0.448 e. The molecule has 2 aliphatic rings. The van der Waals surface area contributed by atoms with Gasteiger partial charge >= 0.3 is 5.97 Å². The number of thiophene rings is 1. The highest BCUT2D eigenvalue weighted by molar-refractivity contribution is 7.14. The normalized spacial score (nSPS) is 22.6. The van der Waals surface area contributed by atoms with Gasteiger partial charge in [-0.05, 0) is 56.6 Å². The molecular formula is C20H26N2O3S. The minimum atomic E-state index is -0.910. The molecule has 26 heavy (non-hydrogen) atoms. The zero-order valence-corrected chi connectivity index (χ0v) is 16.3. The zero-order chi connectivity index (χ0) is 18.7. The first-order valence-electron chi connectivity index (χ1n) is 9.48. The van der Waals surface area contributed by atoms with Gasteiger partial charge in [0.15, 0.2) is 6.10 Å². The van der Waals surface area contributed by atoms with Crippen LogP contribution >= 0.6 is 11.3 Å². The fourth-order valence-electron chi connectivity index (χ4n) is 3.84. The van der Waals surface area contributed by atoms with Crippen LogP contribution in [-0.2, 0) is 22.4 Å². The van der Waals surface area contributed by atoms with Gasteiger partial charge in [-0.15, -0.1) is 11.3 Å². The van der Waals surface area contributed by atoms with Gasteiger partial charge in [0.05, 0.1) is 6.07 Å². The molecule has 1 saturated carbocycles. The second kappa shape index (κ2) is 7.79. The molecule has 5 nitrogen and oxygen atoms in total. The Morgan fingerprint density at radius 2 is 2.12 bits per heavy atom. The van der Waals surface area contributed by atoms with Crippen LogP contribution in [0.4, 0.5) is 0 Å². The Labute approximate surface area is 158 Å². The highest BCUT2D eigenvalue weighted by Gasteiger charge is 2.35. The Hall–Kier alpha value is -1.87. The highest BCUT2D eigenvalue weighted by atomic mass is 32.1. The number of esters is 1. The number of amides is 1. The van der Waals surface area contributed by atoms with E-state index in [-0.39, 0.29) is 0 Å². The lowest BCUT2D eigenvalue weighted by Gasteiger charge is -2.32. The monoisotopic (exact) mass is 374 g/mol. The summed E-state index contributed by atoms with van der Waals surface area (Å²) in [5.41, 5.74) is 0.428. The number of ether oxygens (including phenoxy) is 1. The summed E-state index contributed by atoms with van der Waals surface area (Å²) in [6.07, 6.45) is 6.52. The van der Waals surface area contributed by atoms with Gasteiger partial charge in [0, 0.05) is 4.88 Å². The molecule has 6 heteroatoms. The minimum absolute atomic E-state index is 0.392. The van der Waals surface area contributed by atoms with Crippen LogP contribution in [0.3, 0.4) is 0 Å². The molecule has 1 aromatic heterocycles. The second-order valence-electron chi connectivity index (χ2n) is 7.70. The van der Waals surface area contributed by atoms with E-state index in [9.17, 15) is 14.9 Å². The smallest absolute Gasteiger partial charge is 0.349 e. The lowest BCUT2D eigenvalue weighted by atomic mass is 9.83. The van der Waals surface area contributed by atoms with Gasteiger partial charge in [-0.25, -0.2) is 4.79 Å². The summed E-state index contributed by atoms with van der Waals surface area (Å²) < 4.78 is 5.38. The van der Waals surface area contributed by atoms with Crippen LogP contribution in [0.2, 0.25) is 0 Å². The third-order valence-corrected chi connectivity index (χ3v) is 6.68. The van der Waals surface area contributed by atoms with Crippen molar-refractivity contribution in [2.45, 2.75) is 76.9 Å². The Kier molecular flexibility index (Phi) is 5.67. The quantitative estimate of drug-likeness (QED) is 0.814. The Bertz CT molecular complexity index is 728. The third-order valence-electron chi connectivity index (χ3n) is 5.47. The van der Waals surface area contributed by atoms with Gasteiger partial charge < -0.3 is 10.1 Å². The molecule has 1 heterocycles. The maximum atomic E-state index is 12.4.